The van der Waals surface area contributed by atoms with Crippen LogP contribution in [-0.2, 0) is 16.0 Å². The molecule has 1 atom stereocenters. The third-order valence-corrected chi connectivity index (χ3v) is 2.49. The summed E-state index contributed by atoms with van der Waals surface area (Å²) in [5.41, 5.74) is 0.493. The number of aliphatic hydroxyl groups excluding tert-OH is 1. The van der Waals surface area contributed by atoms with Crippen molar-refractivity contribution in [2.24, 2.45) is 0 Å². The van der Waals surface area contributed by atoms with Gasteiger partial charge in [0.05, 0.1) is 0 Å². The summed E-state index contributed by atoms with van der Waals surface area (Å²) in [7, 11) is 0. The van der Waals surface area contributed by atoms with E-state index in [-0.39, 0.29) is 29.5 Å². The van der Waals surface area contributed by atoms with Crippen LogP contribution >= 0.6 is 0 Å². The second-order valence-electron chi connectivity index (χ2n) is 3.67. The van der Waals surface area contributed by atoms with E-state index in [1.807, 2.05) is 0 Å². The summed E-state index contributed by atoms with van der Waals surface area (Å²) in [5, 5.41) is 26.9. The summed E-state index contributed by atoms with van der Waals surface area (Å²) in [5.74, 6) is -2.51. The first-order chi connectivity index (χ1) is 8.47. The van der Waals surface area contributed by atoms with E-state index in [1.54, 1.807) is 0 Å². The molecule has 0 aromatic heterocycles. The first-order valence-electron chi connectivity index (χ1n) is 5.17. The van der Waals surface area contributed by atoms with Gasteiger partial charge in [-0.1, -0.05) is 18.2 Å². The summed E-state index contributed by atoms with van der Waals surface area (Å²) < 4.78 is 0. The van der Waals surface area contributed by atoms with Crippen LogP contribution in [0.25, 0.3) is 0 Å². The Bertz CT molecular complexity index is 479. The van der Waals surface area contributed by atoms with Crippen molar-refractivity contribution in [2.45, 2.75) is 18.9 Å². The number of aliphatic carboxylic acids is 2. The van der Waals surface area contributed by atoms with Crippen LogP contribution in [0.1, 0.15) is 34.0 Å². The molecule has 1 aromatic rings. The number of carboxylic acid groups (broad SMARTS) is 2. The Morgan fingerprint density at radius 3 is 2.44 bits per heavy atom. The Morgan fingerprint density at radius 1 is 1.28 bits per heavy atom. The van der Waals surface area contributed by atoms with E-state index in [0.29, 0.717) is 6.29 Å². The molecule has 0 aliphatic carbocycles. The van der Waals surface area contributed by atoms with Crippen molar-refractivity contribution >= 4 is 18.2 Å². The fourth-order valence-electron chi connectivity index (χ4n) is 1.64. The number of rotatable bonds is 6. The Kier molecular flexibility index (Phi) is 4.56. The second-order valence-corrected chi connectivity index (χ2v) is 3.67. The number of carbonyl (C=O) groups excluding carboxylic acids is 1. The Balaban J connectivity index is 3.19. The molecule has 0 saturated carbocycles. The van der Waals surface area contributed by atoms with Crippen LogP contribution in [0.5, 0.6) is 0 Å². The first-order valence-corrected chi connectivity index (χ1v) is 5.17. The van der Waals surface area contributed by atoms with Gasteiger partial charge < -0.3 is 15.3 Å². The van der Waals surface area contributed by atoms with E-state index in [2.05, 4.69) is 0 Å². The van der Waals surface area contributed by atoms with Gasteiger partial charge in [-0.15, -0.1) is 0 Å². The highest BCUT2D eigenvalue weighted by Crippen LogP contribution is 2.22. The maximum atomic E-state index is 10.8. The van der Waals surface area contributed by atoms with Gasteiger partial charge in [0.2, 0.25) is 0 Å². The molecule has 1 aromatic carbocycles. The molecule has 6 nitrogen and oxygen atoms in total. The van der Waals surface area contributed by atoms with Crippen LogP contribution in [0.3, 0.4) is 0 Å². The fraction of sp³-hybridized carbons (Fsp3) is 0.250. The Morgan fingerprint density at radius 2 is 1.94 bits per heavy atom. The van der Waals surface area contributed by atoms with E-state index < -0.39 is 18.0 Å². The van der Waals surface area contributed by atoms with Gasteiger partial charge >= 0.3 is 11.9 Å². The van der Waals surface area contributed by atoms with Crippen molar-refractivity contribution in [1.82, 2.24) is 0 Å². The van der Waals surface area contributed by atoms with Gasteiger partial charge in [0.25, 0.3) is 0 Å². The van der Waals surface area contributed by atoms with Gasteiger partial charge in [-0.3, -0.25) is 9.59 Å². The van der Waals surface area contributed by atoms with Crippen molar-refractivity contribution in [3.05, 3.63) is 34.9 Å². The minimum Gasteiger partial charge on any atom is -0.481 e. The molecule has 0 radical (unpaired) electrons. The lowest BCUT2D eigenvalue weighted by atomic mass is 9.94. The molecule has 6 heteroatoms. The van der Waals surface area contributed by atoms with Gasteiger partial charge in [0.1, 0.15) is 6.29 Å². The zero-order valence-electron chi connectivity index (χ0n) is 9.37. The number of aldehydes is 1. The van der Waals surface area contributed by atoms with Crippen LogP contribution in [-0.4, -0.2) is 33.5 Å². The summed E-state index contributed by atoms with van der Waals surface area (Å²) in [6.07, 6.45) is -1.52. The number of aliphatic hydroxyl groups is 1. The first kappa shape index (κ1) is 13.9. The smallest absolute Gasteiger partial charge is 0.337 e. The quantitative estimate of drug-likeness (QED) is 0.640. The average molecular weight is 252 g/mol. The molecule has 1 unspecified atom stereocenters. The topological polar surface area (TPSA) is 112 Å². The van der Waals surface area contributed by atoms with Gasteiger partial charge in [0, 0.05) is 12.0 Å². The molecule has 0 spiro atoms. The van der Waals surface area contributed by atoms with E-state index in [4.69, 9.17) is 10.2 Å². The predicted octanol–water partition coefficient (Wildman–Crippen LogP) is 0.634. The molecule has 0 bridgehead atoms. The van der Waals surface area contributed by atoms with Gasteiger partial charge in [0.15, 0.2) is 6.10 Å². The lowest BCUT2D eigenvalue weighted by Gasteiger charge is -2.13. The molecule has 3 N–H and O–H groups in total. The molecule has 96 valence electrons. The van der Waals surface area contributed by atoms with Gasteiger partial charge in [-0.25, -0.2) is 4.79 Å². The van der Waals surface area contributed by atoms with Crippen molar-refractivity contribution in [3.8, 4) is 0 Å². The van der Waals surface area contributed by atoms with E-state index in [0.717, 1.165) is 0 Å². The Hall–Kier alpha value is -2.21. The van der Waals surface area contributed by atoms with Crippen LogP contribution in [0.4, 0.5) is 0 Å². The zero-order valence-corrected chi connectivity index (χ0v) is 9.37. The predicted molar refractivity (Wildman–Crippen MR) is 60.4 cm³/mol. The highest BCUT2D eigenvalue weighted by atomic mass is 16.4. The molecular weight excluding hydrogens is 240 g/mol. The fourth-order valence-corrected chi connectivity index (χ4v) is 1.64. The third kappa shape index (κ3) is 3.14. The minimum atomic E-state index is -1.77. The maximum Gasteiger partial charge on any atom is 0.337 e. The minimum absolute atomic E-state index is 0.0100. The number of carboxylic acids is 2. The zero-order chi connectivity index (χ0) is 13.7. The molecule has 0 saturated heterocycles. The summed E-state index contributed by atoms with van der Waals surface area (Å²) in [6.45, 7) is 0. The number of benzene rings is 1. The SMILES string of the molecule is O=Cc1cccc(C(O)C(=O)O)c1CCC(=O)O. The van der Waals surface area contributed by atoms with E-state index >= 15 is 0 Å². The summed E-state index contributed by atoms with van der Waals surface area (Å²) in [4.78, 5) is 32.1. The van der Waals surface area contributed by atoms with Crippen molar-refractivity contribution in [3.63, 3.8) is 0 Å². The molecule has 18 heavy (non-hydrogen) atoms. The second kappa shape index (κ2) is 5.92. The highest BCUT2D eigenvalue weighted by molar-refractivity contribution is 5.81. The van der Waals surface area contributed by atoms with E-state index in [1.165, 1.54) is 18.2 Å². The summed E-state index contributed by atoms with van der Waals surface area (Å²) >= 11 is 0. The van der Waals surface area contributed by atoms with Crippen LogP contribution < -0.4 is 0 Å². The van der Waals surface area contributed by atoms with Gasteiger partial charge in [-0.05, 0) is 17.5 Å². The number of hydrogen-bond donors (Lipinski definition) is 3. The lowest BCUT2D eigenvalue weighted by Crippen LogP contribution is -2.14. The number of carbonyl (C=O) groups is 3. The maximum absolute atomic E-state index is 10.8. The molecule has 0 heterocycles. The average Bonchev–Trinajstić information content (AvgIpc) is 2.34. The molecular formula is C12H12O6. The van der Waals surface area contributed by atoms with Crippen LogP contribution in [0.2, 0.25) is 0 Å². The molecule has 0 aliphatic heterocycles. The number of hydrogen-bond acceptors (Lipinski definition) is 4. The third-order valence-electron chi connectivity index (χ3n) is 2.49. The largest absolute Gasteiger partial charge is 0.481 e. The molecule has 0 amide bonds. The van der Waals surface area contributed by atoms with Crippen molar-refractivity contribution in [2.75, 3.05) is 0 Å². The standard InChI is InChI=1S/C12H12O6/c13-6-7-2-1-3-9(11(16)12(17)18)8(7)4-5-10(14)15/h1-3,6,11,16H,4-5H2,(H,14,15)(H,17,18). The highest BCUT2D eigenvalue weighted by Gasteiger charge is 2.21. The van der Waals surface area contributed by atoms with E-state index in [9.17, 15) is 19.5 Å². The normalized spacial score (nSPS) is 11.8. The molecule has 0 aliphatic rings. The summed E-state index contributed by atoms with van der Waals surface area (Å²) in [6, 6.07) is 4.25. The van der Waals surface area contributed by atoms with Crippen molar-refractivity contribution < 1.29 is 29.7 Å². The molecule has 0 fully saturated rings. The van der Waals surface area contributed by atoms with Crippen LogP contribution in [0, 0.1) is 0 Å². The molecule has 1 rings (SSSR count). The van der Waals surface area contributed by atoms with Crippen LogP contribution in [0.15, 0.2) is 18.2 Å². The Labute approximate surface area is 102 Å². The lowest BCUT2D eigenvalue weighted by molar-refractivity contribution is -0.147. The van der Waals surface area contributed by atoms with Crippen molar-refractivity contribution in [1.29, 1.82) is 0 Å². The monoisotopic (exact) mass is 252 g/mol. The van der Waals surface area contributed by atoms with Gasteiger partial charge in [-0.2, -0.15) is 0 Å².